The summed E-state index contributed by atoms with van der Waals surface area (Å²) in [5.41, 5.74) is 0. The summed E-state index contributed by atoms with van der Waals surface area (Å²) < 4.78 is 29.7. The summed E-state index contributed by atoms with van der Waals surface area (Å²) in [4.78, 5) is 24.3. The molecule has 0 aliphatic carbocycles. The fourth-order valence-electron chi connectivity index (χ4n) is 1.61. The maximum absolute atomic E-state index is 11.7. The SMILES string of the molecule is CCOC(=O)CS(=O)(=O)NCC(=O)N1CCNCC1. The number of esters is 1. The molecule has 1 saturated heterocycles. The van der Waals surface area contributed by atoms with Crippen LogP contribution in [0.2, 0.25) is 0 Å². The summed E-state index contributed by atoms with van der Waals surface area (Å²) in [5, 5.41) is 3.09. The predicted molar refractivity (Wildman–Crippen MR) is 67.9 cm³/mol. The Morgan fingerprint density at radius 2 is 1.95 bits per heavy atom. The average Bonchev–Trinajstić information content (AvgIpc) is 2.37. The quantitative estimate of drug-likeness (QED) is 0.544. The minimum atomic E-state index is -3.82. The Bertz CT molecular complexity index is 417. The maximum atomic E-state index is 11.7. The van der Waals surface area contributed by atoms with Crippen molar-refractivity contribution in [2.45, 2.75) is 6.92 Å². The van der Waals surface area contributed by atoms with Crippen LogP contribution in [0.15, 0.2) is 0 Å². The maximum Gasteiger partial charge on any atom is 0.322 e. The van der Waals surface area contributed by atoms with Gasteiger partial charge in [0.1, 0.15) is 0 Å². The second kappa shape index (κ2) is 7.41. The van der Waals surface area contributed by atoms with Crippen molar-refractivity contribution in [1.82, 2.24) is 14.9 Å². The highest BCUT2D eigenvalue weighted by Crippen LogP contribution is 1.94. The van der Waals surface area contributed by atoms with Gasteiger partial charge in [0.05, 0.1) is 13.2 Å². The lowest BCUT2D eigenvalue weighted by Gasteiger charge is -2.27. The molecule has 0 aromatic rings. The van der Waals surface area contributed by atoms with Gasteiger partial charge in [-0.2, -0.15) is 0 Å². The van der Waals surface area contributed by atoms with Crippen LogP contribution < -0.4 is 10.0 Å². The van der Waals surface area contributed by atoms with Crippen molar-refractivity contribution in [2.24, 2.45) is 0 Å². The molecule has 0 aromatic carbocycles. The number of rotatable bonds is 6. The van der Waals surface area contributed by atoms with E-state index in [9.17, 15) is 18.0 Å². The van der Waals surface area contributed by atoms with E-state index in [1.165, 1.54) is 0 Å². The molecule has 0 unspecified atom stereocenters. The summed E-state index contributed by atoms with van der Waals surface area (Å²) >= 11 is 0. The average molecular weight is 293 g/mol. The summed E-state index contributed by atoms with van der Waals surface area (Å²) in [6, 6.07) is 0. The molecule has 110 valence electrons. The molecule has 0 aromatic heterocycles. The Hall–Kier alpha value is -1.19. The lowest BCUT2D eigenvalue weighted by atomic mass is 10.3. The first-order valence-electron chi connectivity index (χ1n) is 6.06. The first-order valence-corrected chi connectivity index (χ1v) is 7.71. The van der Waals surface area contributed by atoms with Crippen molar-refractivity contribution in [1.29, 1.82) is 0 Å². The largest absolute Gasteiger partial charge is 0.465 e. The number of sulfonamides is 1. The highest BCUT2D eigenvalue weighted by Gasteiger charge is 2.21. The second-order valence-electron chi connectivity index (χ2n) is 4.02. The third-order valence-electron chi connectivity index (χ3n) is 2.53. The van der Waals surface area contributed by atoms with E-state index in [4.69, 9.17) is 0 Å². The molecule has 1 rings (SSSR count). The molecular weight excluding hydrogens is 274 g/mol. The van der Waals surface area contributed by atoms with Crippen molar-refractivity contribution in [3.63, 3.8) is 0 Å². The number of carbonyl (C=O) groups is 2. The normalized spacial score (nSPS) is 16.2. The van der Waals surface area contributed by atoms with Crippen LogP contribution in [0.5, 0.6) is 0 Å². The molecule has 2 N–H and O–H groups in total. The van der Waals surface area contributed by atoms with Gasteiger partial charge < -0.3 is 15.0 Å². The first kappa shape index (κ1) is 15.9. The van der Waals surface area contributed by atoms with E-state index in [-0.39, 0.29) is 19.1 Å². The minimum absolute atomic E-state index is 0.119. The molecule has 0 bridgehead atoms. The van der Waals surface area contributed by atoms with Crippen molar-refractivity contribution in [3.8, 4) is 0 Å². The van der Waals surface area contributed by atoms with Gasteiger partial charge in [0.2, 0.25) is 15.9 Å². The standard InChI is InChI=1S/C10H19N3O5S/c1-2-18-10(15)8-19(16,17)12-7-9(14)13-5-3-11-4-6-13/h11-12H,2-8H2,1H3. The van der Waals surface area contributed by atoms with Crippen LogP contribution in [0.1, 0.15) is 6.92 Å². The highest BCUT2D eigenvalue weighted by atomic mass is 32.2. The number of ether oxygens (including phenoxy) is 1. The van der Waals surface area contributed by atoms with Gasteiger partial charge in [-0.3, -0.25) is 9.59 Å². The van der Waals surface area contributed by atoms with E-state index in [0.29, 0.717) is 26.2 Å². The molecule has 8 nitrogen and oxygen atoms in total. The van der Waals surface area contributed by atoms with Gasteiger partial charge in [0.25, 0.3) is 0 Å². The molecule has 1 aliphatic rings. The van der Waals surface area contributed by atoms with Gasteiger partial charge >= 0.3 is 5.97 Å². The fraction of sp³-hybridized carbons (Fsp3) is 0.800. The third-order valence-corrected chi connectivity index (χ3v) is 3.73. The zero-order valence-corrected chi connectivity index (χ0v) is 11.7. The van der Waals surface area contributed by atoms with Crippen LogP contribution >= 0.6 is 0 Å². The van der Waals surface area contributed by atoms with E-state index in [1.54, 1.807) is 11.8 Å². The molecule has 1 aliphatic heterocycles. The van der Waals surface area contributed by atoms with Crippen LogP contribution in [-0.2, 0) is 24.3 Å². The van der Waals surface area contributed by atoms with E-state index < -0.39 is 21.7 Å². The van der Waals surface area contributed by atoms with Crippen LogP contribution in [-0.4, -0.2) is 70.3 Å². The molecule has 0 atom stereocenters. The molecular formula is C10H19N3O5S. The topological polar surface area (TPSA) is 105 Å². The van der Waals surface area contributed by atoms with E-state index in [0.717, 1.165) is 0 Å². The highest BCUT2D eigenvalue weighted by molar-refractivity contribution is 7.90. The Morgan fingerprint density at radius 3 is 2.53 bits per heavy atom. The lowest BCUT2D eigenvalue weighted by Crippen LogP contribution is -2.49. The Kier molecular flexibility index (Phi) is 6.19. The zero-order valence-electron chi connectivity index (χ0n) is 10.8. The van der Waals surface area contributed by atoms with Gasteiger partial charge in [0, 0.05) is 26.2 Å². The van der Waals surface area contributed by atoms with E-state index in [1.807, 2.05) is 0 Å². The van der Waals surface area contributed by atoms with Crippen LogP contribution in [0.3, 0.4) is 0 Å². The van der Waals surface area contributed by atoms with E-state index >= 15 is 0 Å². The van der Waals surface area contributed by atoms with Crippen LogP contribution in [0.25, 0.3) is 0 Å². The van der Waals surface area contributed by atoms with Gasteiger partial charge in [0.15, 0.2) is 5.75 Å². The Balaban J connectivity index is 2.37. The molecule has 0 spiro atoms. The van der Waals surface area contributed by atoms with Crippen molar-refractivity contribution >= 4 is 21.9 Å². The number of nitrogens with zero attached hydrogens (tertiary/aromatic N) is 1. The van der Waals surface area contributed by atoms with Crippen LogP contribution in [0, 0.1) is 0 Å². The van der Waals surface area contributed by atoms with E-state index in [2.05, 4.69) is 14.8 Å². The smallest absolute Gasteiger partial charge is 0.322 e. The number of nitrogens with one attached hydrogen (secondary N) is 2. The molecule has 19 heavy (non-hydrogen) atoms. The molecule has 0 radical (unpaired) electrons. The predicted octanol–water partition coefficient (Wildman–Crippen LogP) is -2.10. The summed E-state index contributed by atoms with van der Waals surface area (Å²) in [7, 11) is -3.82. The zero-order chi connectivity index (χ0) is 14.3. The van der Waals surface area contributed by atoms with Gasteiger partial charge in [-0.05, 0) is 6.92 Å². The molecule has 0 saturated carbocycles. The second-order valence-corrected chi connectivity index (χ2v) is 5.82. The molecule has 9 heteroatoms. The Labute approximate surface area is 112 Å². The minimum Gasteiger partial charge on any atom is -0.465 e. The van der Waals surface area contributed by atoms with Crippen molar-refractivity contribution < 1.29 is 22.7 Å². The fourth-order valence-corrected chi connectivity index (χ4v) is 2.45. The third kappa shape index (κ3) is 5.99. The molecule has 1 amide bonds. The van der Waals surface area contributed by atoms with Crippen molar-refractivity contribution in [3.05, 3.63) is 0 Å². The van der Waals surface area contributed by atoms with Crippen molar-refractivity contribution in [2.75, 3.05) is 45.1 Å². The van der Waals surface area contributed by atoms with Gasteiger partial charge in [-0.25, -0.2) is 13.1 Å². The summed E-state index contributed by atoms with van der Waals surface area (Å²) in [5.74, 6) is -1.89. The number of hydrogen-bond donors (Lipinski definition) is 2. The lowest BCUT2D eigenvalue weighted by molar-refractivity contribution is -0.140. The number of piperazine rings is 1. The van der Waals surface area contributed by atoms with Gasteiger partial charge in [-0.15, -0.1) is 0 Å². The summed E-state index contributed by atoms with van der Waals surface area (Å²) in [6.45, 7) is 3.88. The number of carbonyl (C=O) groups excluding carboxylic acids is 2. The monoisotopic (exact) mass is 293 g/mol. The molecule has 1 heterocycles. The molecule has 1 fully saturated rings. The first-order chi connectivity index (χ1) is 8.94. The number of hydrogen-bond acceptors (Lipinski definition) is 6. The Morgan fingerprint density at radius 1 is 1.32 bits per heavy atom. The van der Waals surface area contributed by atoms with Gasteiger partial charge in [-0.1, -0.05) is 0 Å². The van der Waals surface area contributed by atoms with Crippen LogP contribution in [0.4, 0.5) is 0 Å². The number of amides is 1. The summed E-state index contributed by atoms with van der Waals surface area (Å²) in [6.07, 6.45) is 0.